The smallest absolute Gasteiger partial charge is 0.143 e. The van der Waals surface area contributed by atoms with Crippen LogP contribution in [0.2, 0.25) is 0 Å². The molecule has 0 fully saturated rings. The first-order valence-electron chi connectivity index (χ1n) is 7.31. The molecule has 1 nitrogen and oxygen atoms in total. The van der Waals surface area contributed by atoms with Gasteiger partial charge in [-0.25, -0.2) is 0 Å². The Morgan fingerprint density at radius 2 is 1.80 bits per heavy atom. The zero-order valence-electron chi connectivity index (χ0n) is 12.0. The lowest BCUT2D eigenvalue weighted by Gasteiger charge is -2.15. The summed E-state index contributed by atoms with van der Waals surface area (Å²) in [7, 11) is 0. The van der Waals surface area contributed by atoms with Gasteiger partial charge < -0.3 is 4.74 Å². The van der Waals surface area contributed by atoms with Crippen LogP contribution in [0.3, 0.4) is 0 Å². The van der Waals surface area contributed by atoms with Crippen LogP contribution < -0.4 is 4.74 Å². The Bertz CT molecular complexity index is 610. The van der Waals surface area contributed by atoms with Gasteiger partial charge in [0.15, 0.2) is 0 Å². The Morgan fingerprint density at radius 3 is 2.55 bits per heavy atom. The number of hydrogen-bond donors (Lipinski definition) is 0. The Morgan fingerprint density at radius 1 is 1.05 bits per heavy atom. The summed E-state index contributed by atoms with van der Waals surface area (Å²) in [5, 5.41) is 0. The summed E-state index contributed by atoms with van der Waals surface area (Å²) in [5.41, 5.74) is 3.88. The monoisotopic (exact) mass is 264 g/mol. The summed E-state index contributed by atoms with van der Waals surface area (Å²) in [4.78, 5) is 0. The van der Waals surface area contributed by atoms with Crippen molar-refractivity contribution in [2.45, 2.75) is 32.3 Å². The molecule has 2 unspecified atom stereocenters. The van der Waals surface area contributed by atoms with Crippen molar-refractivity contribution < 1.29 is 4.74 Å². The largest absolute Gasteiger partial charge is 0.482 e. The summed E-state index contributed by atoms with van der Waals surface area (Å²) in [5.74, 6) is 1.54. The van der Waals surface area contributed by atoms with Crippen LogP contribution in [0.1, 0.15) is 49.0 Å². The predicted molar refractivity (Wildman–Crippen MR) is 84.0 cm³/mol. The van der Waals surface area contributed by atoms with Gasteiger partial charge in [0, 0.05) is 5.56 Å². The summed E-state index contributed by atoms with van der Waals surface area (Å²) >= 11 is 0. The normalized spacial score (nSPS) is 17.8. The summed E-state index contributed by atoms with van der Waals surface area (Å²) in [6.07, 6.45) is 5.46. The summed E-state index contributed by atoms with van der Waals surface area (Å²) < 4.78 is 6.08. The molecule has 0 heterocycles. The van der Waals surface area contributed by atoms with Gasteiger partial charge in [-0.15, -0.1) is 0 Å². The van der Waals surface area contributed by atoms with Crippen molar-refractivity contribution in [1.82, 2.24) is 0 Å². The highest BCUT2D eigenvalue weighted by Crippen LogP contribution is 2.32. The van der Waals surface area contributed by atoms with E-state index in [-0.39, 0.29) is 6.10 Å². The third-order valence-electron chi connectivity index (χ3n) is 4.08. The van der Waals surface area contributed by atoms with Crippen LogP contribution in [0.5, 0.6) is 5.75 Å². The van der Waals surface area contributed by atoms with E-state index >= 15 is 0 Å². The second-order valence-electron chi connectivity index (χ2n) is 5.40. The molecule has 0 bridgehead atoms. The molecule has 0 aliphatic heterocycles. The van der Waals surface area contributed by atoms with Crippen LogP contribution in [0.15, 0.2) is 54.6 Å². The minimum atomic E-state index is 0.0423. The van der Waals surface area contributed by atoms with Crippen LogP contribution in [-0.2, 0) is 0 Å². The zero-order chi connectivity index (χ0) is 13.9. The summed E-state index contributed by atoms with van der Waals surface area (Å²) in [6, 6.07) is 16.9. The fraction of sp³-hybridized carbons (Fsp3) is 0.263. The van der Waals surface area contributed by atoms with Crippen LogP contribution in [-0.4, -0.2) is 0 Å². The molecule has 0 amide bonds. The quantitative estimate of drug-likeness (QED) is 0.723. The number of rotatable bonds is 4. The molecule has 20 heavy (non-hydrogen) atoms. The minimum absolute atomic E-state index is 0.0423. The van der Waals surface area contributed by atoms with Gasteiger partial charge in [-0.3, -0.25) is 0 Å². The SMILES string of the molecule is CCC(C)c1ccc(OC2C=Cc3ccccc32)cc1. The van der Waals surface area contributed by atoms with Gasteiger partial charge in [-0.1, -0.05) is 56.3 Å². The molecular weight excluding hydrogens is 244 g/mol. The molecule has 1 heteroatoms. The first-order chi connectivity index (χ1) is 9.78. The van der Waals surface area contributed by atoms with E-state index in [0.29, 0.717) is 5.92 Å². The van der Waals surface area contributed by atoms with E-state index in [1.807, 2.05) is 0 Å². The molecular formula is C19H20O. The van der Waals surface area contributed by atoms with Crippen LogP contribution in [0, 0.1) is 0 Å². The minimum Gasteiger partial charge on any atom is -0.482 e. The second-order valence-corrected chi connectivity index (χ2v) is 5.40. The maximum Gasteiger partial charge on any atom is 0.143 e. The lowest BCUT2D eigenvalue weighted by molar-refractivity contribution is 0.259. The lowest BCUT2D eigenvalue weighted by Crippen LogP contribution is -2.02. The second kappa shape index (κ2) is 5.54. The van der Waals surface area contributed by atoms with Crippen molar-refractivity contribution in [3.05, 3.63) is 71.3 Å². The average molecular weight is 264 g/mol. The van der Waals surface area contributed by atoms with Crippen molar-refractivity contribution in [3.63, 3.8) is 0 Å². The van der Waals surface area contributed by atoms with E-state index in [0.717, 1.165) is 5.75 Å². The van der Waals surface area contributed by atoms with Crippen molar-refractivity contribution >= 4 is 6.08 Å². The van der Waals surface area contributed by atoms with Gasteiger partial charge in [-0.2, -0.15) is 0 Å². The standard InChI is InChI=1S/C19H20O/c1-3-14(2)15-8-11-17(12-9-15)20-19-13-10-16-6-4-5-7-18(16)19/h4-14,19H,3H2,1-2H3. The third-order valence-corrected chi connectivity index (χ3v) is 4.08. The molecule has 102 valence electrons. The summed E-state index contributed by atoms with van der Waals surface area (Å²) in [6.45, 7) is 4.47. The van der Waals surface area contributed by atoms with Crippen LogP contribution >= 0.6 is 0 Å². The molecule has 2 aromatic rings. The topological polar surface area (TPSA) is 9.23 Å². The van der Waals surface area contributed by atoms with E-state index in [1.54, 1.807) is 0 Å². The van der Waals surface area contributed by atoms with Gasteiger partial charge in [0.05, 0.1) is 0 Å². The Kier molecular flexibility index (Phi) is 3.60. The molecule has 2 atom stereocenters. The molecule has 1 aliphatic rings. The molecule has 2 aromatic carbocycles. The molecule has 1 aliphatic carbocycles. The lowest BCUT2D eigenvalue weighted by atomic mass is 9.99. The van der Waals surface area contributed by atoms with Crippen molar-refractivity contribution in [2.75, 3.05) is 0 Å². The number of hydrogen-bond acceptors (Lipinski definition) is 1. The highest BCUT2D eigenvalue weighted by atomic mass is 16.5. The first-order valence-corrected chi connectivity index (χ1v) is 7.31. The van der Waals surface area contributed by atoms with Gasteiger partial charge in [0.1, 0.15) is 11.9 Å². The Labute approximate surface area is 120 Å². The molecule has 0 N–H and O–H groups in total. The van der Waals surface area contributed by atoms with E-state index in [2.05, 4.69) is 74.5 Å². The number of fused-ring (bicyclic) bond motifs is 1. The Hall–Kier alpha value is -2.02. The van der Waals surface area contributed by atoms with Crippen molar-refractivity contribution in [3.8, 4) is 5.75 Å². The highest BCUT2D eigenvalue weighted by Gasteiger charge is 2.18. The predicted octanol–water partition coefficient (Wildman–Crippen LogP) is 5.35. The molecule has 0 radical (unpaired) electrons. The molecule has 0 spiro atoms. The van der Waals surface area contributed by atoms with E-state index in [1.165, 1.54) is 23.1 Å². The van der Waals surface area contributed by atoms with E-state index in [9.17, 15) is 0 Å². The first kappa shape index (κ1) is 13.0. The van der Waals surface area contributed by atoms with Crippen molar-refractivity contribution in [2.24, 2.45) is 0 Å². The van der Waals surface area contributed by atoms with Gasteiger partial charge >= 0.3 is 0 Å². The van der Waals surface area contributed by atoms with E-state index in [4.69, 9.17) is 4.74 Å². The molecule has 3 rings (SSSR count). The van der Waals surface area contributed by atoms with Crippen LogP contribution in [0.25, 0.3) is 6.08 Å². The maximum atomic E-state index is 6.08. The van der Waals surface area contributed by atoms with Gasteiger partial charge in [0.2, 0.25) is 0 Å². The fourth-order valence-corrected chi connectivity index (χ4v) is 2.58. The highest BCUT2D eigenvalue weighted by molar-refractivity contribution is 5.61. The average Bonchev–Trinajstić information content (AvgIpc) is 2.91. The molecule has 0 aromatic heterocycles. The fourth-order valence-electron chi connectivity index (χ4n) is 2.58. The van der Waals surface area contributed by atoms with Gasteiger partial charge in [-0.05, 0) is 41.7 Å². The van der Waals surface area contributed by atoms with Crippen LogP contribution in [0.4, 0.5) is 0 Å². The zero-order valence-corrected chi connectivity index (χ0v) is 12.0. The maximum absolute atomic E-state index is 6.08. The molecule has 0 saturated heterocycles. The molecule has 0 saturated carbocycles. The Balaban J connectivity index is 1.75. The number of benzene rings is 2. The van der Waals surface area contributed by atoms with Crippen molar-refractivity contribution in [1.29, 1.82) is 0 Å². The van der Waals surface area contributed by atoms with E-state index < -0.39 is 0 Å². The third kappa shape index (κ3) is 2.49. The number of ether oxygens (including phenoxy) is 1. The van der Waals surface area contributed by atoms with Gasteiger partial charge in [0.25, 0.3) is 0 Å².